The van der Waals surface area contributed by atoms with Gasteiger partial charge in [0.1, 0.15) is 12.6 Å². The summed E-state index contributed by atoms with van der Waals surface area (Å²) < 4.78 is 5.07. The number of benzene rings is 2. The summed E-state index contributed by atoms with van der Waals surface area (Å²) in [5, 5.41) is 2.37. The Labute approximate surface area is 121 Å². The predicted molar refractivity (Wildman–Crippen MR) is 80.5 cm³/mol. The zero-order valence-electron chi connectivity index (χ0n) is 11.1. The SMILES string of the molecule is c1ccc2cc(-c3ncnc(-c4ccoc4)n3)ccc2c1. The Morgan fingerprint density at radius 1 is 0.762 bits per heavy atom. The van der Waals surface area contributed by atoms with Crippen LogP contribution >= 0.6 is 0 Å². The molecule has 0 radical (unpaired) electrons. The smallest absolute Gasteiger partial charge is 0.166 e. The number of hydrogen-bond donors (Lipinski definition) is 0. The molecule has 0 saturated heterocycles. The summed E-state index contributed by atoms with van der Waals surface area (Å²) in [6, 6.07) is 16.2. The molecule has 4 rings (SSSR count). The topological polar surface area (TPSA) is 51.8 Å². The summed E-state index contributed by atoms with van der Waals surface area (Å²) in [5.41, 5.74) is 1.82. The van der Waals surface area contributed by atoms with Gasteiger partial charge >= 0.3 is 0 Å². The first kappa shape index (κ1) is 11.8. The average Bonchev–Trinajstić information content (AvgIpc) is 3.09. The molecular formula is C17H11N3O. The lowest BCUT2D eigenvalue weighted by molar-refractivity contribution is 0.568. The fourth-order valence-corrected chi connectivity index (χ4v) is 2.29. The third-order valence-corrected chi connectivity index (χ3v) is 3.36. The van der Waals surface area contributed by atoms with Crippen LogP contribution < -0.4 is 0 Å². The Bertz CT molecular complexity index is 901. The lowest BCUT2D eigenvalue weighted by Crippen LogP contribution is -1.94. The van der Waals surface area contributed by atoms with Gasteiger partial charge in [0.15, 0.2) is 11.6 Å². The molecular weight excluding hydrogens is 262 g/mol. The van der Waals surface area contributed by atoms with Crippen LogP contribution in [-0.2, 0) is 0 Å². The van der Waals surface area contributed by atoms with Crippen molar-refractivity contribution in [2.24, 2.45) is 0 Å². The van der Waals surface area contributed by atoms with E-state index in [1.54, 1.807) is 12.5 Å². The standard InChI is InChI=1S/C17H11N3O/c1-2-4-13-9-14(6-5-12(13)3-1)16-18-11-19-17(20-16)15-7-8-21-10-15/h1-11H. The molecule has 2 heterocycles. The lowest BCUT2D eigenvalue weighted by Gasteiger charge is -2.03. The van der Waals surface area contributed by atoms with Gasteiger partial charge in [-0.1, -0.05) is 36.4 Å². The first-order chi connectivity index (χ1) is 10.4. The molecule has 0 fully saturated rings. The first-order valence-corrected chi connectivity index (χ1v) is 6.61. The third-order valence-electron chi connectivity index (χ3n) is 3.36. The minimum Gasteiger partial charge on any atom is -0.472 e. The van der Waals surface area contributed by atoms with Crippen LogP contribution in [0.1, 0.15) is 0 Å². The molecule has 2 aromatic heterocycles. The monoisotopic (exact) mass is 273 g/mol. The normalized spacial score (nSPS) is 10.9. The van der Waals surface area contributed by atoms with Crippen molar-refractivity contribution < 1.29 is 4.42 Å². The van der Waals surface area contributed by atoms with E-state index in [2.05, 4.69) is 39.2 Å². The second-order valence-corrected chi connectivity index (χ2v) is 4.71. The van der Waals surface area contributed by atoms with Gasteiger partial charge in [-0.15, -0.1) is 0 Å². The molecule has 0 bridgehead atoms. The number of fused-ring (bicyclic) bond motifs is 1. The van der Waals surface area contributed by atoms with E-state index in [1.807, 2.05) is 24.3 Å². The van der Waals surface area contributed by atoms with Crippen molar-refractivity contribution >= 4 is 10.8 Å². The van der Waals surface area contributed by atoms with E-state index in [9.17, 15) is 0 Å². The summed E-state index contributed by atoms with van der Waals surface area (Å²) >= 11 is 0. The van der Waals surface area contributed by atoms with Crippen LogP contribution in [0.5, 0.6) is 0 Å². The van der Waals surface area contributed by atoms with Crippen LogP contribution in [0.25, 0.3) is 33.5 Å². The molecule has 0 aliphatic carbocycles. The van der Waals surface area contributed by atoms with E-state index in [4.69, 9.17) is 4.42 Å². The van der Waals surface area contributed by atoms with Crippen molar-refractivity contribution in [3.05, 3.63) is 67.4 Å². The molecule has 2 aromatic carbocycles. The van der Waals surface area contributed by atoms with Gasteiger partial charge in [0, 0.05) is 5.56 Å². The van der Waals surface area contributed by atoms with Crippen molar-refractivity contribution in [3.8, 4) is 22.8 Å². The van der Waals surface area contributed by atoms with Gasteiger partial charge in [-0.25, -0.2) is 15.0 Å². The molecule has 0 spiro atoms. The quantitative estimate of drug-likeness (QED) is 0.555. The van der Waals surface area contributed by atoms with Crippen molar-refractivity contribution in [2.45, 2.75) is 0 Å². The Balaban J connectivity index is 1.83. The molecule has 0 unspecified atom stereocenters. The molecule has 0 atom stereocenters. The van der Waals surface area contributed by atoms with Gasteiger partial charge in [0.2, 0.25) is 0 Å². The van der Waals surface area contributed by atoms with Gasteiger partial charge in [0.25, 0.3) is 0 Å². The van der Waals surface area contributed by atoms with Crippen molar-refractivity contribution in [1.82, 2.24) is 15.0 Å². The predicted octanol–water partition coefficient (Wildman–Crippen LogP) is 3.95. The first-order valence-electron chi connectivity index (χ1n) is 6.61. The van der Waals surface area contributed by atoms with Gasteiger partial charge < -0.3 is 4.42 Å². The zero-order valence-corrected chi connectivity index (χ0v) is 11.1. The van der Waals surface area contributed by atoms with Crippen LogP contribution in [0.15, 0.2) is 71.8 Å². The molecule has 0 aliphatic heterocycles. The number of aromatic nitrogens is 3. The molecule has 4 aromatic rings. The van der Waals surface area contributed by atoms with Gasteiger partial charge in [-0.3, -0.25) is 0 Å². The van der Waals surface area contributed by atoms with E-state index < -0.39 is 0 Å². The Hall–Kier alpha value is -3.01. The zero-order chi connectivity index (χ0) is 14.1. The van der Waals surface area contributed by atoms with Crippen molar-refractivity contribution in [1.29, 1.82) is 0 Å². The third kappa shape index (κ3) is 2.17. The van der Waals surface area contributed by atoms with Crippen LogP contribution in [0, 0.1) is 0 Å². The second kappa shape index (κ2) is 4.83. The lowest BCUT2D eigenvalue weighted by atomic mass is 10.1. The molecule has 0 amide bonds. The molecule has 21 heavy (non-hydrogen) atoms. The average molecular weight is 273 g/mol. The van der Waals surface area contributed by atoms with Gasteiger partial charge in [-0.05, 0) is 22.9 Å². The highest BCUT2D eigenvalue weighted by Gasteiger charge is 2.07. The van der Waals surface area contributed by atoms with E-state index in [0.29, 0.717) is 11.6 Å². The summed E-state index contributed by atoms with van der Waals surface area (Å²) in [6.45, 7) is 0. The minimum absolute atomic E-state index is 0.613. The summed E-state index contributed by atoms with van der Waals surface area (Å²) in [6.07, 6.45) is 4.76. The summed E-state index contributed by atoms with van der Waals surface area (Å²) in [4.78, 5) is 13.0. The maximum absolute atomic E-state index is 5.07. The fourth-order valence-electron chi connectivity index (χ4n) is 2.29. The van der Waals surface area contributed by atoms with E-state index in [0.717, 1.165) is 11.1 Å². The Kier molecular flexibility index (Phi) is 2.71. The van der Waals surface area contributed by atoms with E-state index in [1.165, 1.54) is 17.1 Å². The van der Waals surface area contributed by atoms with Crippen molar-refractivity contribution in [3.63, 3.8) is 0 Å². The number of nitrogens with zero attached hydrogens (tertiary/aromatic N) is 3. The Morgan fingerprint density at radius 3 is 2.38 bits per heavy atom. The van der Waals surface area contributed by atoms with Gasteiger partial charge in [0.05, 0.1) is 11.8 Å². The van der Waals surface area contributed by atoms with Crippen LogP contribution in [0.2, 0.25) is 0 Å². The Morgan fingerprint density at radius 2 is 1.57 bits per heavy atom. The fraction of sp³-hybridized carbons (Fsp3) is 0. The van der Waals surface area contributed by atoms with Crippen LogP contribution in [0.3, 0.4) is 0 Å². The maximum atomic E-state index is 5.07. The van der Waals surface area contributed by atoms with E-state index in [-0.39, 0.29) is 0 Å². The summed E-state index contributed by atoms with van der Waals surface area (Å²) in [5.74, 6) is 1.27. The molecule has 4 nitrogen and oxygen atoms in total. The molecule has 0 N–H and O–H groups in total. The van der Waals surface area contributed by atoms with Crippen molar-refractivity contribution in [2.75, 3.05) is 0 Å². The highest BCUT2D eigenvalue weighted by Crippen LogP contribution is 2.23. The molecule has 0 aliphatic rings. The van der Waals surface area contributed by atoms with Gasteiger partial charge in [-0.2, -0.15) is 0 Å². The highest BCUT2D eigenvalue weighted by atomic mass is 16.3. The number of rotatable bonds is 2. The largest absolute Gasteiger partial charge is 0.472 e. The van der Waals surface area contributed by atoms with Crippen LogP contribution in [-0.4, -0.2) is 15.0 Å². The molecule has 4 heteroatoms. The second-order valence-electron chi connectivity index (χ2n) is 4.71. The molecule has 0 saturated carbocycles. The molecule has 100 valence electrons. The van der Waals surface area contributed by atoms with E-state index >= 15 is 0 Å². The summed E-state index contributed by atoms with van der Waals surface area (Å²) in [7, 11) is 0. The number of furan rings is 1. The maximum Gasteiger partial charge on any atom is 0.166 e. The number of hydrogen-bond acceptors (Lipinski definition) is 4. The van der Waals surface area contributed by atoms with Crippen LogP contribution in [0.4, 0.5) is 0 Å². The minimum atomic E-state index is 0.613. The highest BCUT2D eigenvalue weighted by molar-refractivity contribution is 5.86.